The molecule has 126 valence electrons. The van der Waals surface area contributed by atoms with Gasteiger partial charge < -0.3 is 9.80 Å². The molecule has 2 aliphatic rings. The van der Waals surface area contributed by atoms with Crippen molar-refractivity contribution in [3.63, 3.8) is 0 Å². The first-order valence-corrected chi connectivity index (χ1v) is 8.81. The topological polar surface area (TPSA) is 52.6 Å². The molecule has 0 bridgehead atoms. The zero-order valence-corrected chi connectivity index (χ0v) is 14.0. The minimum absolute atomic E-state index is 0.306. The number of amides is 1. The van der Waals surface area contributed by atoms with E-state index in [2.05, 4.69) is 31.6 Å². The average molecular weight is 317 g/mol. The van der Waals surface area contributed by atoms with Crippen molar-refractivity contribution in [3.8, 4) is 0 Å². The Balaban J connectivity index is 1.49. The number of piperazine rings is 1. The summed E-state index contributed by atoms with van der Waals surface area (Å²) in [7, 11) is 0. The highest BCUT2D eigenvalue weighted by Crippen LogP contribution is 2.20. The molecule has 0 aromatic carbocycles. The van der Waals surface area contributed by atoms with Crippen molar-refractivity contribution >= 4 is 11.9 Å². The number of anilines is 1. The fraction of sp³-hybridized carbons (Fsp3) is 0.706. The molecule has 1 unspecified atom stereocenters. The fourth-order valence-electron chi connectivity index (χ4n) is 3.60. The van der Waals surface area contributed by atoms with Gasteiger partial charge in [0.1, 0.15) is 0 Å². The second kappa shape index (κ2) is 7.73. The van der Waals surface area contributed by atoms with Crippen LogP contribution in [-0.4, -0.2) is 71.0 Å². The molecule has 0 N–H and O–H groups in total. The standard InChI is InChI=1S/C17H27N5O/c1-2-15-6-3-4-9-22(15)16(23)14-20-10-12-21(13-11-20)17-18-7-5-8-19-17/h5,7-8,15H,2-4,6,9-14H2,1H3. The molecule has 1 aromatic heterocycles. The van der Waals surface area contributed by atoms with Crippen molar-refractivity contribution in [3.05, 3.63) is 18.5 Å². The molecule has 6 heteroatoms. The van der Waals surface area contributed by atoms with Crippen molar-refractivity contribution in [2.75, 3.05) is 44.2 Å². The van der Waals surface area contributed by atoms with Gasteiger partial charge in [-0.15, -0.1) is 0 Å². The third-order valence-corrected chi connectivity index (χ3v) is 4.98. The molecule has 1 aromatic rings. The van der Waals surface area contributed by atoms with Crippen molar-refractivity contribution in [1.29, 1.82) is 0 Å². The molecule has 3 rings (SSSR count). The van der Waals surface area contributed by atoms with Crippen molar-refractivity contribution < 1.29 is 4.79 Å². The second-order valence-electron chi connectivity index (χ2n) is 6.46. The van der Waals surface area contributed by atoms with Crippen LogP contribution in [0.15, 0.2) is 18.5 Å². The molecule has 2 saturated heterocycles. The number of piperidine rings is 1. The number of aromatic nitrogens is 2. The molecule has 3 heterocycles. The predicted octanol–water partition coefficient (Wildman–Crippen LogP) is 1.39. The first-order chi connectivity index (χ1) is 11.3. The van der Waals surface area contributed by atoms with E-state index in [0.29, 0.717) is 18.5 Å². The lowest BCUT2D eigenvalue weighted by atomic mass is 10.00. The number of likely N-dealkylation sites (tertiary alicyclic amines) is 1. The van der Waals surface area contributed by atoms with Crippen LogP contribution in [0.5, 0.6) is 0 Å². The van der Waals surface area contributed by atoms with Crippen LogP contribution < -0.4 is 4.90 Å². The highest BCUT2D eigenvalue weighted by molar-refractivity contribution is 5.78. The monoisotopic (exact) mass is 317 g/mol. The van der Waals surface area contributed by atoms with Gasteiger partial charge in [0.05, 0.1) is 6.54 Å². The maximum absolute atomic E-state index is 12.6. The summed E-state index contributed by atoms with van der Waals surface area (Å²) in [5.41, 5.74) is 0. The largest absolute Gasteiger partial charge is 0.339 e. The molecule has 2 aliphatic heterocycles. The molecule has 0 aliphatic carbocycles. The molecular formula is C17H27N5O. The van der Waals surface area contributed by atoms with Crippen LogP contribution in [0.2, 0.25) is 0 Å². The molecule has 2 fully saturated rings. The van der Waals surface area contributed by atoms with E-state index in [-0.39, 0.29) is 0 Å². The first kappa shape index (κ1) is 16.2. The van der Waals surface area contributed by atoms with Crippen molar-refractivity contribution in [2.24, 2.45) is 0 Å². The van der Waals surface area contributed by atoms with Gasteiger partial charge in [-0.2, -0.15) is 0 Å². The van der Waals surface area contributed by atoms with E-state index in [4.69, 9.17) is 0 Å². The van der Waals surface area contributed by atoms with Crippen LogP contribution in [0.25, 0.3) is 0 Å². The number of hydrogen-bond acceptors (Lipinski definition) is 5. The summed E-state index contributed by atoms with van der Waals surface area (Å²) in [5, 5.41) is 0. The van der Waals surface area contributed by atoms with Crippen LogP contribution in [0.4, 0.5) is 5.95 Å². The van der Waals surface area contributed by atoms with Crippen LogP contribution >= 0.6 is 0 Å². The van der Waals surface area contributed by atoms with Gasteiger partial charge in [0.2, 0.25) is 11.9 Å². The predicted molar refractivity (Wildman–Crippen MR) is 90.3 cm³/mol. The molecule has 0 radical (unpaired) electrons. The third-order valence-electron chi connectivity index (χ3n) is 4.98. The fourth-order valence-corrected chi connectivity index (χ4v) is 3.60. The Bertz CT molecular complexity index is 501. The van der Waals surface area contributed by atoms with E-state index in [1.54, 1.807) is 12.4 Å². The van der Waals surface area contributed by atoms with E-state index >= 15 is 0 Å². The Morgan fingerprint density at radius 1 is 1.13 bits per heavy atom. The number of hydrogen-bond donors (Lipinski definition) is 0. The van der Waals surface area contributed by atoms with Gasteiger partial charge in [-0.25, -0.2) is 9.97 Å². The number of rotatable bonds is 4. The maximum Gasteiger partial charge on any atom is 0.236 e. The highest BCUT2D eigenvalue weighted by Gasteiger charge is 2.27. The van der Waals surface area contributed by atoms with Gasteiger partial charge >= 0.3 is 0 Å². The quantitative estimate of drug-likeness (QED) is 0.840. The lowest BCUT2D eigenvalue weighted by Crippen LogP contribution is -2.52. The lowest BCUT2D eigenvalue weighted by molar-refractivity contribution is -0.136. The number of carbonyl (C=O) groups is 1. The van der Waals surface area contributed by atoms with E-state index < -0.39 is 0 Å². The van der Waals surface area contributed by atoms with Gasteiger partial charge in [-0.3, -0.25) is 9.69 Å². The molecule has 0 spiro atoms. The van der Waals surface area contributed by atoms with Crippen LogP contribution in [0.1, 0.15) is 32.6 Å². The average Bonchev–Trinajstić information content (AvgIpc) is 2.63. The Morgan fingerprint density at radius 2 is 1.87 bits per heavy atom. The Kier molecular flexibility index (Phi) is 5.43. The number of carbonyl (C=O) groups excluding carboxylic acids is 1. The Labute approximate surface area is 138 Å². The summed E-state index contributed by atoms with van der Waals surface area (Å²) in [6.45, 7) is 7.25. The molecule has 0 saturated carbocycles. The summed E-state index contributed by atoms with van der Waals surface area (Å²) >= 11 is 0. The lowest BCUT2D eigenvalue weighted by Gasteiger charge is -2.38. The van der Waals surface area contributed by atoms with Gasteiger partial charge in [-0.05, 0) is 31.7 Å². The van der Waals surface area contributed by atoms with Crippen LogP contribution in [0, 0.1) is 0 Å². The maximum atomic E-state index is 12.6. The van der Waals surface area contributed by atoms with E-state index in [1.165, 1.54) is 12.8 Å². The first-order valence-electron chi connectivity index (χ1n) is 8.81. The summed E-state index contributed by atoms with van der Waals surface area (Å²) in [5.74, 6) is 1.10. The minimum atomic E-state index is 0.306. The zero-order chi connectivity index (χ0) is 16.1. The SMILES string of the molecule is CCC1CCCCN1C(=O)CN1CCN(c2ncccn2)CC1. The summed E-state index contributed by atoms with van der Waals surface area (Å²) in [4.78, 5) is 27.8. The van der Waals surface area contributed by atoms with E-state index in [0.717, 1.165) is 51.5 Å². The highest BCUT2D eigenvalue weighted by atomic mass is 16.2. The minimum Gasteiger partial charge on any atom is -0.339 e. The normalized spacial score (nSPS) is 23.1. The van der Waals surface area contributed by atoms with Gasteiger partial charge in [0.15, 0.2) is 0 Å². The Hall–Kier alpha value is -1.69. The van der Waals surface area contributed by atoms with Gasteiger partial charge in [-0.1, -0.05) is 6.92 Å². The van der Waals surface area contributed by atoms with Crippen LogP contribution in [0.3, 0.4) is 0 Å². The molecule has 1 amide bonds. The zero-order valence-electron chi connectivity index (χ0n) is 14.0. The summed E-state index contributed by atoms with van der Waals surface area (Å²) < 4.78 is 0. The van der Waals surface area contributed by atoms with E-state index in [1.807, 2.05) is 6.07 Å². The van der Waals surface area contributed by atoms with Crippen LogP contribution in [-0.2, 0) is 4.79 Å². The molecule has 6 nitrogen and oxygen atoms in total. The van der Waals surface area contributed by atoms with E-state index in [9.17, 15) is 4.79 Å². The van der Waals surface area contributed by atoms with Gasteiger partial charge in [0.25, 0.3) is 0 Å². The molecule has 1 atom stereocenters. The van der Waals surface area contributed by atoms with Crippen molar-refractivity contribution in [1.82, 2.24) is 19.8 Å². The molecule has 23 heavy (non-hydrogen) atoms. The summed E-state index contributed by atoms with van der Waals surface area (Å²) in [6.07, 6.45) is 8.21. The second-order valence-corrected chi connectivity index (χ2v) is 6.46. The van der Waals surface area contributed by atoms with Crippen molar-refractivity contribution in [2.45, 2.75) is 38.6 Å². The summed E-state index contributed by atoms with van der Waals surface area (Å²) in [6, 6.07) is 2.29. The van der Waals surface area contributed by atoms with Gasteiger partial charge in [0, 0.05) is 51.2 Å². The Morgan fingerprint density at radius 3 is 2.57 bits per heavy atom. The number of nitrogens with zero attached hydrogens (tertiary/aromatic N) is 5. The third kappa shape index (κ3) is 3.99. The smallest absolute Gasteiger partial charge is 0.236 e. The molecular weight excluding hydrogens is 290 g/mol.